The molecule has 0 unspecified atom stereocenters. The van der Waals surface area contributed by atoms with E-state index in [0.29, 0.717) is 24.1 Å². The average molecular weight is 399 g/mol. The SMILES string of the molecule is Cc1ccc(CNC(=O)COc2ccc(-c3nnc(-c4ccccc4)o3)cc2)cc1. The van der Waals surface area contributed by atoms with Gasteiger partial charge in [0, 0.05) is 17.7 Å². The van der Waals surface area contributed by atoms with Gasteiger partial charge >= 0.3 is 0 Å². The molecule has 0 saturated carbocycles. The van der Waals surface area contributed by atoms with Crippen molar-refractivity contribution in [2.45, 2.75) is 13.5 Å². The van der Waals surface area contributed by atoms with Gasteiger partial charge in [-0.25, -0.2) is 0 Å². The Kier molecular flexibility index (Phi) is 5.85. The number of rotatable bonds is 7. The molecule has 1 N–H and O–H groups in total. The Morgan fingerprint density at radius 3 is 2.17 bits per heavy atom. The van der Waals surface area contributed by atoms with Gasteiger partial charge in [-0.05, 0) is 48.9 Å². The van der Waals surface area contributed by atoms with E-state index in [4.69, 9.17) is 9.15 Å². The molecule has 0 fully saturated rings. The highest BCUT2D eigenvalue weighted by Crippen LogP contribution is 2.25. The second-order valence-electron chi connectivity index (χ2n) is 6.85. The third-order valence-electron chi connectivity index (χ3n) is 4.53. The fourth-order valence-corrected chi connectivity index (χ4v) is 2.84. The highest BCUT2D eigenvalue weighted by Gasteiger charge is 2.10. The van der Waals surface area contributed by atoms with Crippen LogP contribution in [0.25, 0.3) is 22.9 Å². The molecule has 150 valence electrons. The van der Waals surface area contributed by atoms with Gasteiger partial charge in [0.1, 0.15) is 5.75 Å². The van der Waals surface area contributed by atoms with E-state index in [1.54, 1.807) is 12.1 Å². The van der Waals surface area contributed by atoms with Gasteiger partial charge in [0.2, 0.25) is 11.8 Å². The van der Waals surface area contributed by atoms with E-state index in [-0.39, 0.29) is 12.5 Å². The number of nitrogens with zero attached hydrogens (tertiary/aromatic N) is 2. The minimum atomic E-state index is -0.177. The van der Waals surface area contributed by atoms with E-state index in [2.05, 4.69) is 15.5 Å². The number of aryl methyl sites for hydroxylation is 1. The standard InChI is InChI=1S/C24H21N3O3/c1-17-7-9-18(10-8-17)15-25-22(28)16-29-21-13-11-20(12-14-21)24-27-26-23(30-24)19-5-3-2-4-6-19/h2-14H,15-16H2,1H3,(H,25,28). The predicted octanol–water partition coefficient (Wildman–Crippen LogP) is 4.41. The molecule has 0 aliphatic carbocycles. The van der Waals surface area contributed by atoms with Gasteiger partial charge in [-0.1, -0.05) is 48.0 Å². The fraction of sp³-hybridized carbons (Fsp3) is 0.125. The smallest absolute Gasteiger partial charge is 0.258 e. The number of hydrogen-bond donors (Lipinski definition) is 1. The lowest BCUT2D eigenvalue weighted by atomic mass is 10.1. The molecular weight excluding hydrogens is 378 g/mol. The second kappa shape index (κ2) is 9.05. The number of hydrogen-bond acceptors (Lipinski definition) is 5. The van der Waals surface area contributed by atoms with E-state index < -0.39 is 0 Å². The fourth-order valence-electron chi connectivity index (χ4n) is 2.84. The first-order valence-corrected chi connectivity index (χ1v) is 9.62. The Morgan fingerprint density at radius 1 is 0.867 bits per heavy atom. The average Bonchev–Trinajstić information content (AvgIpc) is 3.29. The Labute approximate surface area is 174 Å². The molecule has 0 bridgehead atoms. The van der Waals surface area contributed by atoms with Crippen LogP contribution in [-0.4, -0.2) is 22.7 Å². The number of aromatic nitrogens is 2. The molecule has 4 rings (SSSR count). The molecule has 0 aliphatic rings. The monoisotopic (exact) mass is 399 g/mol. The van der Waals surface area contributed by atoms with E-state index in [1.807, 2.05) is 73.7 Å². The van der Waals surface area contributed by atoms with Crippen molar-refractivity contribution in [1.82, 2.24) is 15.5 Å². The summed E-state index contributed by atoms with van der Waals surface area (Å²) in [5.41, 5.74) is 3.88. The maximum absolute atomic E-state index is 12.0. The molecular formula is C24H21N3O3. The number of nitrogens with one attached hydrogen (secondary N) is 1. The van der Waals surface area contributed by atoms with Crippen molar-refractivity contribution in [2.24, 2.45) is 0 Å². The summed E-state index contributed by atoms with van der Waals surface area (Å²) in [6.45, 7) is 2.45. The van der Waals surface area contributed by atoms with Crippen LogP contribution in [-0.2, 0) is 11.3 Å². The lowest BCUT2D eigenvalue weighted by Crippen LogP contribution is -2.28. The normalized spacial score (nSPS) is 10.6. The van der Waals surface area contributed by atoms with Crippen molar-refractivity contribution in [1.29, 1.82) is 0 Å². The van der Waals surface area contributed by atoms with Gasteiger partial charge in [-0.2, -0.15) is 0 Å². The van der Waals surface area contributed by atoms with Crippen LogP contribution in [0.15, 0.2) is 83.3 Å². The van der Waals surface area contributed by atoms with Crippen LogP contribution in [0.3, 0.4) is 0 Å². The summed E-state index contributed by atoms with van der Waals surface area (Å²) in [5.74, 6) is 1.31. The van der Waals surface area contributed by atoms with Crippen LogP contribution < -0.4 is 10.1 Å². The first-order chi connectivity index (χ1) is 14.7. The van der Waals surface area contributed by atoms with E-state index in [1.165, 1.54) is 5.56 Å². The van der Waals surface area contributed by atoms with Gasteiger partial charge in [0.15, 0.2) is 6.61 Å². The predicted molar refractivity (Wildman–Crippen MR) is 114 cm³/mol. The first-order valence-electron chi connectivity index (χ1n) is 9.62. The van der Waals surface area contributed by atoms with Crippen LogP contribution >= 0.6 is 0 Å². The summed E-state index contributed by atoms with van der Waals surface area (Å²) in [6, 6.07) is 24.8. The zero-order chi connectivity index (χ0) is 20.8. The topological polar surface area (TPSA) is 77.2 Å². The summed E-state index contributed by atoms with van der Waals surface area (Å²) in [7, 11) is 0. The minimum absolute atomic E-state index is 0.0517. The molecule has 0 saturated heterocycles. The zero-order valence-corrected chi connectivity index (χ0v) is 16.5. The Hall–Kier alpha value is -3.93. The highest BCUT2D eigenvalue weighted by molar-refractivity contribution is 5.77. The molecule has 4 aromatic rings. The number of amides is 1. The van der Waals surface area contributed by atoms with E-state index in [9.17, 15) is 4.79 Å². The van der Waals surface area contributed by atoms with Crippen LogP contribution in [0.1, 0.15) is 11.1 Å². The van der Waals surface area contributed by atoms with Crippen LogP contribution in [0.4, 0.5) is 0 Å². The van der Waals surface area contributed by atoms with Crippen LogP contribution in [0.5, 0.6) is 5.75 Å². The van der Waals surface area contributed by atoms with Gasteiger partial charge in [-0.15, -0.1) is 10.2 Å². The third kappa shape index (κ3) is 4.91. The molecule has 6 heteroatoms. The quantitative estimate of drug-likeness (QED) is 0.498. The van der Waals surface area contributed by atoms with Crippen molar-refractivity contribution in [3.63, 3.8) is 0 Å². The molecule has 1 amide bonds. The third-order valence-corrected chi connectivity index (χ3v) is 4.53. The van der Waals surface area contributed by atoms with Crippen LogP contribution in [0, 0.1) is 6.92 Å². The summed E-state index contributed by atoms with van der Waals surface area (Å²) >= 11 is 0. The first kappa shape index (κ1) is 19.4. The Morgan fingerprint density at radius 2 is 1.50 bits per heavy atom. The van der Waals surface area contributed by atoms with Crippen molar-refractivity contribution in [2.75, 3.05) is 6.61 Å². The maximum atomic E-state index is 12.0. The summed E-state index contributed by atoms with van der Waals surface area (Å²) in [6.07, 6.45) is 0. The largest absolute Gasteiger partial charge is 0.484 e. The molecule has 0 spiro atoms. The summed E-state index contributed by atoms with van der Waals surface area (Å²) in [5, 5.41) is 11.0. The van der Waals surface area contributed by atoms with Crippen molar-refractivity contribution in [3.8, 4) is 28.7 Å². The molecule has 3 aromatic carbocycles. The summed E-state index contributed by atoms with van der Waals surface area (Å²) in [4.78, 5) is 12.0. The Balaban J connectivity index is 1.30. The molecule has 0 radical (unpaired) electrons. The molecule has 6 nitrogen and oxygen atoms in total. The molecule has 0 atom stereocenters. The highest BCUT2D eigenvalue weighted by atomic mass is 16.5. The lowest BCUT2D eigenvalue weighted by Gasteiger charge is -2.08. The van der Waals surface area contributed by atoms with Crippen molar-refractivity contribution >= 4 is 5.91 Å². The van der Waals surface area contributed by atoms with Gasteiger partial charge in [0.25, 0.3) is 5.91 Å². The van der Waals surface area contributed by atoms with E-state index in [0.717, 1.165) is 16.7 Å². The molecule has 30 heavy (non-hydrogen) atoms. The lowest BCUT2D eigenvalue weighted by molar-refractivity contribution is -0.123. The van der Waals surface area contributed by atoms with Crippen molar-refractivity contribution in [3.05, 3.63) is 90.0 Å². The van der Waals surface area contributed by atoms with Crippen molar-refractivity contribution < 1.29 is 13.9 Å². The zero-order valence-electron chi connectivity index (χ0n) is 16.5. The second-order valence-corrected chi connectivity index (χ2v) is 6.85. The summed E-state index contributed by atoms with van der Waals surface area (Å²) < 4.78 is 11.3. The van der Waals surface area contributed by atoms with E-state index >= 15 is 0 Å². The molecule has 1 aromatic heterocycles. The minimum Gasteiger partial charge on any atom is -0.484 e. The number of carbonyl (C=O) groups excluding carboxylic acids is 1. The number of benzene rings is 3. The molecule has 0 aliphatic heterocycles. The molecule has 1 heterocycles. The van der Waals surface area contributed by atoms with Gasteiger partial charge in [0.05, 0.1) is 0 Å². The maximum Gasteiger partial charge on any atom is 0.258 e. The van der Waals surface area contributed by atoms with Gasteiger partial charge < -0.3 is 14.5 Å². The number of ether oxygens (including phenoxy) is 1. The van der Waals surface area contributed by atoms with Gasteiger partial charge in [-0.3, -0.25) is 4.79 Å². The van der Waals surface area contributed by atoms with Crippen LogP contribution in [0.2, 0.25) is 0 Å². The Bertz CT molecular complexity index is 1100. The number of carbonyl (C=O) groups is 1.